The van der Waals surface area contributed by atoms with Crippen molar-refractivity contribution in [3.8, 4) is 11.4 Å². The van der Waals surface area contributed by atoms with Crippen molar-refractivity contribution in [3.63, 3.8) is 0 Å². The highest BCUT2D eigenvalue weighted by Gasteiger charge is 2.18. The number of pyridine rings is 1. The lowest BCUT2D eigenvalue weighted by atomic mass is 10.2. The summed E-state index contributed by atoms with van der Waals surface area (Å²) in [6, 6.07) is 10.6. The van der Waals surface area contributed by atoms with E-state index in [0.717, 1.165) is 12.8 Å². The van der Waals surface area contributed by atoms with E-state index in [9.17, 15) is 9.18 Å². The van der Waals surface area contributed by atoms with Gasteiger partial charge >= 0.3 is 0 Å². The van der Waals surface area contributed by atoms with Gasteiger partial charge in [-0.2, -0.15) is 4.98 Å². The molecule has 1 aliphatic carbocycles. The molecule has 4 aromatic rings. The Labute approximate surface area is 164 Å². The summed E-state index contributed by atoms with van der Waals surface area (Å²) in [5.74, 6) is 0.0952. The molecule has 0 saturated heterocycles. The second kappa shape index (κ2) is 7.77. The second-order valence-electron chi connectivity index (χ2n) is 6.15. The van der Waals surface area contributed by atoms with E-state index in [0.29, 0.717) is 33.4 Å². The van der Waals surface area contributed by atoms with Crippen molar-refractivity contribution in [3.05, 3.63) is 65.9 Å². The third kappa shape index (κ3) is 4.01. The number of halogens is 2. The Morgan fingerprint density at radius 2 is 2.07 bits per heavy atom. The topological polar surface area (TPSA) is 85.3 Å². The van der Waals surface area contributed by atoms with Crippen LogP contribution in [0.4, 0.5) is 10.1 Å². The molecule has 1 amide bonds. The summed E-state index contributed by atoms with van der Waals surface area (Å²) in [5, 5.41) is 6.97. The number of rotatable bonds is 3. The Hall–Kier alpha value is -3.26. The quantitative estimate of drug-likeness (QED) is 0.551. The molecule has 1 aliphatic rings. The molecule has 1 fully saturated rings. The molecule has 7 nitrogen and oxygen atoms in total. The lowest BCUT2D eigenvalue weighted by Crippen LogP contribution is -2.14. The highest BCUT2D eigenvalue weighted by Crippen LogP contribution is 2.27. The first kappa shape index (κ1) is 18.1. The number of amides is 1. The van der Waals surface area contributed by atoms with E-state index in [4.69, 9.17) is 16.1 Å². The molecule has 3 heterocycles. The summed E-state index contributed by atoms with van der Waals surface area (Å²) in [6.45, 7) is 0. The van der Waals surface area contributed by atoms with Gasteiger partial charge in [-0.25, -0.2) is 9.37 Å². The fourth-order valence-corrected chi connectivity index (χ4v) is 2.57. The molecule has 9 heteroatoms. The second-order valence-corrected chi connectivity index (χ2v) is 6.56. The number of fused-ring (bicyclic) bond motifs is 1. The van der Waals surface area contributed by atoms with Gasteiger partial charge in [0.2, 0.25) is 12.2 Å². The van der Waals surface area contributed by atoms with E-state index >= 15 is 0 Å². The van der Waals surface area contributed by atoms with Crippen LogP contribution in [0.5, 0.6) is 0 Å². The zero-order valence-corrected chi connectivity index (χ0v) is 15.3. The first-order valence-corrected chi connectivity index (χ1v) is 8.93. The van der Waals surface area contributed by atoms with Gasteiger partial charge in [-0.3, -0.25) is 9.20 Å². The molecular formula is C19H15ClFN5O2. The van der Waals surface area contributed by atoms with Crippen LogP contribution in [-0.2, 0) is 0 Å². The molecule has 0 spiro atoms. The van der Waals surface area contributed by atoms with Crippen molar-refractivity contribution in [1.29, 1.82) is 0 Å². The van der Waals surface area contributed by atoms with E-state index in [2.05, 4.69) is 20.4 Å². The maximum absolute atomic E-state index is 12.6. The largest absolute Gasteiger partial charge is 0.342 e. The van der Waals surface area contributed by atoms with Crippen LogP contribution in [0, 0.1) is 0 Å². The number of carbonyl (C=O) groups excluding carboxylic acids is 1. The smallest absolute Gasteiger partial charge is 0.274 e. The summed E-state index contributed by atoms with van der Waals surface area (Å²) < 4.78 is 17.5. The monoisotopic (exact) mass is 399 g/mol. The summed E-state index contributed by atoms with van der Waals surface area (Å²) in [5.41, 5.74) is 2.23. The molecule has 1 aromatic carbocycles. The van der Waals surface area contributed by atoms with Crippen LogP contribution in [0.15, 0.2) is 59.7 Å². The van der Waals surface area contributed by atoms with Gasteiger partial charge in [0.15, 0.2) is 0 Å². The summed E-state index contributed by atoms with van der Waals surface area (Å²) in [6.07, 6.45) is 5.75. The Morgan fingerprint density at radius 1 is 1.25 bits per heavy atom. The molecule has 0 unspecified atom stereocenters. The average Bonchev–Trinajstić information content (AvgIpc) is 3.16. The number of anilines is 1. The Balaban J connectivity index is 0.000000429. The summed E-state index contributed by atoms with van der Waals surface area (Å²) in [7, 11) is 0. The molecule has 0 atom stereocenters. The van der Waals surface area contributed by atoms with Gasteiger partial charge in [-0.05, 0) is 43.2 Å². The van der Waals surface area contributed by atoms with Crippen LogP contribution in [0.25, 0.3) is 17.0 Å². The normalized spacial score (nSPS) is 13.1. The van der Waals surface area contributed by atoms with Crippen LogP contribution in [0.2, 0.25) is 5.02 Å². The van der Waals surface area contributed by atoms with Crippen LogP contribution in [0.3, 0.4) is 0 Å². The van der Waals surface area contributed by atoms with Gasteiger partial charge in [0.1, 0.15) is 17.5 Å². The van der Waals surface area contributed by atoms with Gasteiger partial charge in [0.25, 0.3) is 5.91 Å². The van der Waals surface area contributed by atoms with E-state index in [1.165, 1.54) is 12.6 Å². The number of nitrogens with zero attached hydrogens (tertiary/aromatic N) is 4. The van der Waals surface area contributed by atoms with Crippen molar-refractivity contribution < 1.29 is 13.7 Å². The van der Waals surface area contributed by atoms with Crippen LogP contribution in [0.1, 0.15) is 23.3 Å². The molecule has 0 aliphatic heterocycles. The van der Waals surface area contributed by atoms with Crippen molar-refractivity contribution in [2.45, 2.75) is 19.0 Å². The lowest BCUT2D eigenvalue weighted by Gasteiger charge is -2.08. The van der Waals surface area contributed by atoms with E-state index < -0.39 is 6.17 Å². The Morgan fingerprint density at radius 3 is 2.79 bits per heavy atom. The lowest BCUT2D eigenvalue weighted by molar-refractivity contribution is 0.102. The van der Waals surface area contributed by atoms with Crippen LogP contribution >= 0.6 is 11.6 Å². The van der Waals surface area contributed by atoms with Crippen molar-refractivity contribution in [2.24, 2.45) is 0 Å². The SMILES string of the molecule is FC1CC1.O=C(Nc1cc(-c2ncon2)ccc1Cl)c1cnc2ccccn12. The van der Waals surface area contributed by atoms with Gasteiger partial charge in [-0.1, -0.05) is 22.8 Å². The first-order chi connectivity index (χ1) is 13.6. The minimum Gasteiger partial charge on any atom is -0.342 e. The fraction of sp³-hybridized carbons (Fsp3) is 0.158. The number of hydrogen-bond donors (Lipinski definition) is 1. The summed E-state index contributed by atoms with van der Waals surface area (Å²) in [4.78, 5) is 20.7. The number of aromatic nitrogens is 4. The van der Waals surface area contributed by atoms with E-state index in [1.54, 1.807) is 28.8 Å². The molecule has 5 rings (SSSR count). The molecule has 28 heavy (non-hydrogen) atoms. The van der Waals surface area contributed by atoms with Gasteiger partial charge in [0, 0.05) is 11.8 Å². The number of alkyl halides is 1. The number of benzene rings is 1. The first-order valence-electron chi connectivity index (χ1n) is 8.55. The third-order valence-electron chi connectivity index (χ3n) is 3.99. The average molecular weight is 400 g/mol. The van der Waals surface area contributed by atoms with E-state index in [-0.39, 0.29) is 5.91 Å². The number of nitrogens with one attached hydrogen (secondary N) is 1. The predicted octanol–water partition coefficient (Wildman–Crippen LogP) is 4.41. The van der Waals surface area contributed by atoms with Gasteiger partial charge in [-0.15, -0.1) is 0 Å². The standard InChI is InChI=1S/C16H10ClN5O2.C3H5F/c17-11-5-4-10(15-19-9-24-21-15)7-12(11)20-16(23)13-8-18-14-3-1-2-6-22(13)14;4-3-1-2-3/h1-9H,(H,20,23);3H,1-2H2. The molecule has 1 saturated carbocycles. The van der Waals surface area contributed by atoms with Crippen molar-refractivity contribution in [2.75, 3.05) is 5.32 Å². The van der Waals surface area contributed by atoms with Crippen molar-refractivity contribution >= 4 is 28.8 Å². The molecule has 0 radical (unpaired) electrons. The van der Waals surface area contributed by atoms with Gasteiger partial charge in [0.05, 0.1) is 16.9 Å². The zero-order chi connectivity index (χ0) is 19.5. The Bertz CT molecular complexity index is 1110. The fourth-order valence-electron chi connectivity index (χ4n) is 2.41. The zero-order valence-electron chi connectivity index (χ0n) is 14.5. The van der Waals surface area contributed by atoms with Crippen LogP contribution < -0.4 is 5.32 Å². The highest BCUT2D eigenvalue weighted by atomic mass is 35.5. The Kier molecular flexibility index (Phi) is 5.03. The maximum Gasteiger partial charge on any atom is 0.274 e. The molecular weight excluding hydrogens is 385 g/mol. The number of imidazole rings is 1. The molecule has 3 aromatic heterocycles. The molecule has 1 N–H and O–H groups in total. The molecule has 0 bridgehead atoms. The minimum absolute atomic E-state index is 0.319. The number of hydrogen-bond acceptors (Lipinski definition) is 5. The van der Waals surface area contributed by atoms with Crippen LogP contribution in [-0.4, -0.2) is 31.6 Å². The third-order valence-corrected chi connectivity index (χ3v) is 4.32. The summed E-state index contributed by atoms with van der Waals surface area (Å²) >= 11 is 6.18. The van der Waals surface area contributed by atoms with E-state index in [1.807, 2.05) is 18.2 Å². The molecule has 142 valence electrons. The maximum atomic E-state index is 12.6. The van der Waals surface area contributed by atoms with Gasteiger partial charge < -0.3 is 9.84 Å². The predicted molar refractivity (Wildman–Crippen MR) is 102 cm³/mol. The van der Waals surface area contributed by atoms with Crippen molar-refractivity contribution in [1.82, 2.24) is 19.5 Å². The highest BCUT2D eigenvalue weighted by molar-refractivity contribution is 6.34. The number of carbonyl (C=O) groups is 1. The minimum atomic E-state index is -0.417.